The lowest BCUT2D eigenvalue weighted by molar-refractivity contribution is -0.143. The van der Waals surface area contributed by atoms with Gasteiger partial charge < -0.3 is 64.2 Å². The first-order valence-electron chi connectivity index (χ1n) is 13.9. The van der Waals surface area contributed by atoms with Crippen LogP contribution >= 0.6 is 0 Å². The molecule has 0 aromatic rings. The monoisotopic (exact) mass is 633 g/mol. The molecule has 0 aromatic carbocycles. The van der Waals surface area contributed by atoms with Gasteiger partial charge in [0.15, 0.2) is 5.96 Å². The number of hydrogen-bond donors (Lipinski definition) is 12. The molecule has 15 N–H and O–H groups in total. The number of aliphatic imine (C=N–C) groups is 1. The van der Waals surface area contributed by atoms with Crippen LogP contribution in [0, 0.1) is 5.92 Å². The molecule has 0 spiro atoms. The minimum Gasteiger partial charge on any atom is -0.480 e. The number of guanidine groups is 1. The lowest BCUT2D eigenvalue weighted by atomic mass is 10.0. The Bertz CT molecular complexity index is 1030. The molecule has 0 saturated heterocycles. The highest BCUT2D eigenvalue weighted by atomic mass is 16.4. The second-order valence-corrected chi connectivity index (χ2v) is 10.6. The third kappa shape index (κ3) is 13.9. The summed E-state index contributed by atoms with van der Waals surface area (Å²) in [6.45, 7) is 6.07. The Morgan fingerprint density at radius 2 is 1.16 bits per heavy atom. The molecule has 0 aliphatic rings. The average Bonchev–Trinajstić information content (AvgIpc) is 2.92. The molecule has 19 nitrogen and oxygen atoms in total. The number of hydrogen-bond acceptors (Lipinski definition) is 11. The molecule has 0 bridgehead atoms. The molecule has 5 amide bonds. The van der Waals surface area contributed by atoms with Gasteiger partial charge in [0.1, 0.15) is 30.2 Å². The fraction of sp³-hybridized carbons (Fsp3) is 0.720. The summed E-state index contributed by atoms with van der Waals surface area (Å²) >= 11 is 0. The number of nitrogens with one attached hydrogen (secondary N) is 5. The number of carbonyl (C=O) groups excluding carboxylic acids is 5. The van der Waals surface area contributed by atoms with Crippen molar-refractivity contribution in [3.8, 4) is 0 Å². The van der Waals surface area contributed by atoms with E-state index in [1.54, 1.807) is 13.8 Å². The molecule has 0 unspecified atom stereocenters. The van der Waals surface area contributed by atoms with Crippen LogP contribution in [0.5, 0.6) is 0 Å². The van der Waals surface area contributed by atoms with Crippen LogP contribution in [0.25, 0.3) is 0 Å². The first-order valence-corrected chi connectivity index (χ1v) is 13.9. The smallest absolute Gasteiger partial charge is 0.328 e. The van der Waals surface area contributed by atoms with Crippen LogP contribution in [0.15, 0.2) is 4.99 Å². The van der Waals surface area contributed by atoms with E-state index in [4.69, 9.17) is 27.4 Å². The lowest BCUT2D eigenvalue weighted by Gasteiger charge is -2.28. The standard InChI is InChI=1S/C25H47N9O10/c1-10(2)16(21(40)31-15(9-35)24(43)44)32-23(42)18(13(5)37)33-19(38)11(3)30-22(41)17(12(4)36)34-20(39)14(26)7-6-8-29-25(27)28/h10-18,35-37H,6-9,26H2,1-5H3,(H,30,41)(H,31,40)(H,32,42)(H,33,38)(H,34,39)(H,43,44)(H4,27,28,29)/t11-,12+,13+,14-,15-,16-,17-,18-/m0/s1. The summed E-state index contributed by atoms with van der Waals surface area (Å²) in [6.07, 6.45) is -2.36. The highest BCUT2D eigenvalue weighted by molar-refractivity contribution is 5.96. The van der Waals surface area contributed by atoms with Gasteiger partial charge in [-0.05, 0) is 39.5 Å². The van der Waals surface area contributed by atoms with E-state index in [2.05, 4.69) is 31.6 Å². The van der Waals surface area contributed by atoms with Crippen LogP contribution < -0.4 is 43.8 Å². The van der Waals surface area contributed by atoms with Crippen molar-refractivity contribution in [3.63, 3.8) is 0 Å². The Hall–Kier alpha value is -4.07. The van der Waals surface area contributed by atoms with Crippen LogP contribution in [0.4, 0.5) is 0 Å². The Balaban J connectivity index is 5.41. The van der Waals surface area contributed by atoms with Gasteiger partial charge in [-0.3, -0.25) is 29.0 Å². The van der Waals surface area contributed by atoms with E-state index in [0.717, 1.165) is 0 Å². The molecule has 0 heterocycles. The summed E-state index contributed by atoms with van der Waals surface area (Å²) in [7, 11) is 0. The fourth-order valence-electron chi connectivity index (χ4n) is 3.59. The fourth-order valence-corrected chi connectivity index (χ4v) is 3.59. The van der Waals surface area contributed by atoms with Gasteiger partial charge in [-0.25, -0.2) is 4.79 Å². The molecule has 0 fully saturated rings. The zero-order chi connectivity index (χ0) is 34.3. The van der Waals surface area contributed by atoms with Gasteiger partial charge in [-0.15, -0.1) is 0 Å². The minimum atomic E-state index is -1.63. The highest BCUT2D eigenvalue weighted by Crippen LogP contribution is 2.06. The summed E-state index contributed by atoms with van der Waals surface area (Å²) in [5.41, 5.74) is 16.3. The number of rotatable bonds is 19. The number of aliphatic hydroxyl groups is 3. The van der Waals surface area contributed by atoms with Gasteiger partial charge in [0, 0.05) is 6.54 Å². The van der Waals surface area contributed by atoms with Crippen LogP contribution in [-0.4, -0.2) is 124 Å². The zero-order valence-electron chi connectivity index (χ0n) is 25.4. The number of carboxylic acids is 1. The molecule has 8 atom stereocenters. The number of amides is 5. The Labute approximate surface area is 254 Å². The van der Waals surface area contributed by atoms with Gasteiger partial charge in [-0.2, -0.15) is 0 Å². The van der Waals surface area contributed by atoms with E-state index in [1.165, 1.54) is 20.8 Å². The van der Waals surface area contributed by atoms with Gasteiger partial charge in [-0.1, -0.05) is 13.8 Å². The normalized spacial score (nSPS) is 16.5. The SMILES string of the molecule is CC(C)[C@H](NC(=O)[C@@H](NC(=O)[C@H](C)NC(=O)[C@@H](NC(=O)[C@@H](N)CCCN=C(N)N)[C@@H](C)O)[C@@H](C)O)C(=O)N[C@@H](CO)C(=O)O. The number of nitrogens with zero attached hydrogens (tertiary/aromatic N) is 1. The summed E-state index contributed by atoms with van der Waals surface area (Å²) in [4.78, 5) is 78.6. The van der Waals surface area contributed by atoms with Gasteiger partial charge >= 0.3 is 5.97 Å². The van der Waals surface area contributed by atoms with E-state index >= 15 is 0 Å². The van der Waals surface area contributed by atoms with E-state index in [0.29, 0.717) is 6.42 Å². The zero-order valence-corrected chi connectivity index (χ0v) is 25.4. The number of carbonyl (C=O) groups is 6. The molecule has 0 aromatic heterocycles. The number of nitrogens with two attached hydrogens (primary N) is 3. The van der Waals surface area contributed by atoms with Crippen molar-refractivity contribution in [2.75, 3.05) is 13.2 Å². The maximum atomic E-state index is 13.0. The van der Waals surface area contributed by atoms with Crippen LogP contribution in [0.1, 0.15) is 47.5 Å². The number of aliphatic carboxylic acids is 1. The van der Waals surface area contributed by atoms with E-state index in [-0.39, 0.29) is 18.9 Å². The summed E-state index contributed by atoms with van der Waals surface area (Å²) in [6, 6.07) is -8.45. The van der Waals surface area contributed by atoms with Crippen LogP contribution in [0.2, 0.25) is 0 Å². The van der Waals surface area contributed by atoms with Crippen LogP contribution in [0.3, 0.4) is 0 Å². The predicted octanol–water partition coefficient (Wildman–Crippen LogP) is -5.69. The second-order valence-electron chi connectivity index (χ2n) is 10.6. The summed E-state index contributed by atoms with van der Waals surface area (Å²) in [5.74, 6) is -6.77. The second kappa shape index (κ2) is 19.3. The van der Waals surface area contributed by atoms with Crippen molar-refractivity contribution in [1.29, 1.82) is 0 Å². The van der Waals surface area contributed by atoms with Crippen molar-refractivity contribution in [2.24, 2.45) is 28.1 Å². The number of carboxylic acid groups (broad SMARTS) is 1. The summed E-state index contributed by atoms with van der Waals surface area (Å²) < 4.78 is 0. The third-order valence-electron chi connectivity index (χ3n) is 6.23. The summed E-state index contributed by atoms with van der Waals surface area (Å²) in [5, 5.41) is 49.8. The van der Waals surface area contributed by atoms with E-state index < -0.39 is 96.5 Å². The third-order valence-corrected chi connectivity index (χ3v) is 6.23. The highest BCUT2D eigenvalue weighted by Gasteiger charge is 2.35. The Morgan fingerprint density at radius 3 is 1.59 bits per heavy atom. The Kier molecular flexibility index (Phi) is 17.5. The molecule has 0 saturated carbocycles. The van der Waals surface area contributed by atoms with Crippen LogP contribution in [-0.2, 0) is 28.8 Å². The van der Waals surface area contributed by atoms with Crippen molar-refractivity contribution < 1.29 is 49.2 Å². The molecular weight excluding hydrogens is 586 g/mol. The maximum absolute atomic E-state index is 13.0. The van der Waals surface area contributed by atoms with Gasteiger partial charge in [0.25, 0.3) is 0 Å². The predicted molar refractivity (Wildman–Crippen MR) is 156 cm³/mol. The van der Waals surface area contributed by atoms with E-state index in [9.17, 15) is 39.0 Å². The molecule has 0 aliphatic carbocycles. The Morgan fingerprint density at radius 1 is 0.705 bits per heavy atom. The van der Waals surface area contributed by atoms with Crippen molar-refractivity contribution >= 4 is 41.5 Å². The van der Waals surface area contributed by atoms with E-state index in [1.807, 2.05) is 0 Å². The molecule has 19 heteroatoms. The first kappa shape index (κ1) is 39.9. The number of aliphatic hydroxyl groups excluding tert-OH is 3. The van der Waals surface area contributed by atoms with Crippen molar-refractivity contribution in [3.05, 3.63) is 0 Å². The minimum absolute atomic E-state index is 0.121. The van der Waals surface area contributed by atoms with Gasteiger partial charge in [0.05, 0.1) is 24.9 Å². The molecule has 44 heavy (non-hydrogen) atoms. The molecular formula is C25H47N9O10. The largest absolute Gasteiger partial charge is 0.480 e. The topological polar surface area (TPSA) is 334 Å². The lowest BCUT2D eigenvalue weighted by Crippen LogP contribution is -2.62. The molecule has 0 aliphatic heterocycles. The average molecular weight is 634 g/mol. The maximum Gasteiger partial charge on any atom is 0.328 e. The quantitative estimate of drug-likeness (QED) is 0.0359. The van der Waals surface area contributed by atoms with Crippen molar-refractivity contribution in [2.45, 2.75) is 95.9 Å². The molecule has 0 radical (unpaired) electrons. The molecule has 0 rings (SSSR count). The van der Waals surface area contributed by atoms with Gasteiger partial charge in [0.2, 0.25) is 29.5 Å². The first-order chi connectivity index (χ1) is 20.3. The molecule has 252 valence electrons. The van der Waals surface area contributed by atoms with Crippen molar-refractivity contribution in [1.82, 2.24) is 26.6 Å².